The Morgan fingerprint density at radius 2 is 1.09 bits per heavy atom. The molecular formula is C93H118F3N17O21S. The summed E-state index contributed by atoms with van der Waals surface area (Å²) in [6.45, 7) is 6.25. The zero-order valence-corrected chi connectivity index (χ0v) is 76.9. The van der Waals surface area contributed by atoms with Crippen molar-refractivity contribution in [2.75, 3.05) is 65.4 Å². The number of aromatic amines is 1. The van der Waals surface area contributed by atoms with Gasteiger partial charge in [-0.15, -0.1) is 11.8 Å². The highest BCUT2D eigenvalue weighted by Crippen LogP contribution is 2.28. The minimum atomic E-state index is -2.02. The van der Waals surface area contributed by atoms with Gasteiger partial charge in [0, 0.05) is 115 Å². The van der Waals surface area contributed by atoms with Gasteiger partial charge in [0.05, 0.1) is 24.8 Å². The molecule has 0 bridgehead atoms. The number of hydrogen-bond donors (Lipinski definition) is 16. The van der Waals surface area contributed by atoms with Crippen molar-refractivity contribution in [2.45, 2.75) is 203 Å². The normalized spacial score (nSPS) is 24.0. The molecule has 0 radical (unpaired) electrons. The number of hydrogen-bond acceptors (Lipinski definition) is 21. The third-order valence-corrected chi connectivity index (χ3v) is 24.7. The van der Waals surface area contributed by atoms with E-state index in [1.165, 1.54) is 59.3 Å². The molecule has 3 fully saturated rings. The van der Waals surface area contributed by atoms with E-state index in [9.17, 15) is 53.6 Å². The number of para-hydroxylation sites is 1. The highest BCUT2D eigenvalue weighted by molar-refractivity contribution is 8.00. The number of carbonyl (C=O) groups is 17. The number of primary amides is 1. The number of aliphatic hydroxyl groups excluding tert-OH is 1. The number of thioether (sulfide) groups is 1. The highest BCUT2D eigenvalue weighted by atomic mass is 32.2. The number of halogens is 3. The Kier molecular flexibility index (Phi) is 38.5. The van der Waals surface area contributed by atoms with Gasteiger partial charge in [0.25, 0.3) is 0 Å². The molecule has 5 aromatic carbocycles. The topological polar surface area (TPSA) is 549 Å². The molecule has 0 saturated carbocycles. The van der Waals surface area contributed by atoms with Crippen molar-refractivity contribution >= 4 is 123 Å². The van der Waals surface area contributed by atoms with Crippen LogP contribution in [0.1, 0.15) is 114 Å². The number of aromatic hydroxyl groups is 1. The predicted octanol–water partition coefficient (Wildman–Crippen LogP) is 0.506. The third-order valence-electron chi connectivity index (χ3n) is 23.7. The summed E-state index contributed by atoms with van der Waals surface area (Å²) in [7, 11) is 3.64. The zero-order chi connectivity index (χ0) is 98.8. The molecule has 38 nitrogen and oxygen atoms in total. The predicted molar refractivity (Wildman–Crippen MR) is 486 cm³/mol. The first kappa shape index (κ1) is 105. The number of H-pyrrole nitrogens is 1. The molecule has 1 aromatic heterocycles. The molecular weight excluding hydrogens is 1780 g/mol. The second-order valence-corrected chi connectivity index (χ2v) is 35.7. The van der Waals surface area contributed by atoms with Crippen LogP contribution >= 0.6 is 11.8 Å². The van der Waals surface area contributed by atoms with Crippen LogP contribution in [0.25, 0.3) is 10.9 Å². The Morgan fingerprint density at radius 3 is 1.70 bits per heavy atom. The molecule has 3 saturated heterocycles. The Balaban J connectivity index is 1.15. The lowest BCUT2D eigenvalue weighted by Gasteiger charge is -2.41. The van der Waals surface area contributed by atoms with Crippen molar-refractivity contribution in [3.63, 3.8) is 0 Å². The molecule has 6 aromatic rings. The number of carboxylic acids is 2. The van der Waals surface area contributed by atoms with E-state index in [1.807, 2.05) is 0 Å². The molecule has 0 aliphatic carbocycles. The number of aliphatic hydroxyl groups is 1. The number of aromatic nitrogens is 1. The summed E-state index contributed by atoms with van der Waals surface area (Å²) in [6.07, 6.45) is -4.82. The number of piperazine rings is 1. The molecule has 135 heavy (non-hydrogen) atoms. The van der Waals surface area contributed by atoms with Crippen molar-refractivity contribution in [3.8, 4) is 5.75 Å². The van der Waals surface area contributed by atoms with Crippen molar-refractivity contribution in [2.24, 2.45) is 17.6 Å². The lowest BCUT2D eigenvalue weighted by Crippen LogP contribution is -2.65. The van der Waals surface area contributed by atoms with Gasteiger partial charge in [-0.25, -0.2) is 13.2 Å². The van der Waals surface area contributed by atoms with Gasteiger partial charge in [0.1, 0.15) is 84.3 Å². The number of phenols is 1. The number of nitrogens with one attached hydrogen (secondary N) is 11. The Bertz CT molecular complexity index is 5250. The summed E-state index contributed by atoms with van der Waals surface area (Å²) < 4.78 is 45.1. The number of phenolic OH excluding ortho intramolecular Hbond substituents is 1. The van der Waals surface area contributed by atoms with E-state index < -0.39 is 278 Å². The van der Waals surface area contributed by atoms with E-state index >= 15 is 61.5 Å². The van der Waals surface area contributed by atoms with Gasteiger partial charge >= 0.3 is 11.9 Å². The fourth-order valence-electron chi connectivity index (χ4n) is 16.4. The van der Waals surface area contributed by atoms with Crippen LogP contribution in [0.2, 0.25) is 0 Å². The van der Waals surface area contributed by atoms with Gasteiger partial charge in [-0.05, 0) is 89.2 Å². The molecule has 0 spiro atoms. The van der Waals surface area contributed by atoms with Crippen molar-refractivity contribution in [1.29, 1.82) is 0 Å². The summed E-state index contributed by atoms with van der Waals surface area (Å²) >= 11 is 0.653. The second-order valence-electron chi connectivity index (χ2n) is 34.7. The molecule has 3 aliphatic heterocycles. The second kappa shape index (κ2) is 49.5. The fourth-order valence-corrected chi connectivity index (χ4v) is 17.2. The highest BCUT2D eigenvalue weighted by Gasteiger charge is 2.47. The molecule has 15 amide bonds. The minimum Gasteiger partial charge on any atom is -0.508 e. The number of rotatable bonds is 24. The monoisotopic (exact) mass is 1900 g/mol. The molecule has 3 aliphatic rings. The van der Waals surface area contributed by atoms with Crippen molar-refractivity contribution in [3.05, 3.63) is 173 Å². The quantitative estimate of drug-likeness (QED) is 0.0367. The minimum absolute atomic E-state index is 0.0512. The molecule has 42 heteroatoms. The van der Waals surface area contributed by atoms with Crippen molar-refractivity contribution < 1.29 is 115 Å². The zero-order valence-electron chi connectivity index (χ0n) is 76.1. The number of carboxylic acid groups (broad SMARTS) is 2. The summed E-state index contributed by atoms with van der Waals surface area (Å²) in [4.78, 5) is 258. The average molecular weight is 1900 g/mol. The molecule has 4 heterocycles. The van der Waals surface area contributed by atoms with Gasteiger partial charge in [-0.1, -0.05) is 138 Å². The van der Waals surface area contributed by atoms with E-state index in [0.717, 1.165) is 24.5 Å². The molecule has 9 rings (SSSR count). The Hall–Kier alpha value is -13.5. The molecule has 0 unspecified atom stereocenters. The van der Waals surface area contributed by atoms with Crippen LogP contribution in [-0.4, -0.2) is 300 Å². The maximum Gasteiger partial charge on any atom is 0.305 e. The first-order chi connectivity index (χ1) is 64.1. The summed E-state index contributed by atoms with van der Waals surface area (Å²) in [5.41, 5.74) is 7.24. The largest absolute Gasteiger partial charge is 0.508 e. The van der Waals surface area contributed by atoms with Gasteiger partial charge in [0.2, 0.25) is 88.6 Å². The van der Waals surface area contributed by atoms with Crippen LogP contribution in [0.3, 0.4) is 0 Å². The van der Waals surface area contributed by atoms with E-state index in [4.69, 9.17) is 5.73 Å². The number of nitrogens with two attached hydrogens (primary N) is 1. The maximum absolute atomic E-state index is 15.7. The smallest absolute Gasteiger partial charge is 0.305 e. The maximum atomic E-state index is 15.7. The van der Waals surface area contributed by atoms with E-state index in [2.05, 4.69) is 58.2 Å². The SMILES string of the molecule is CCCC[C@H]1C(=O)N2CCNC[C@@H]2C(=O)N[C@@H](CC(=O)O)C(=O)N[C@@H](C(C)C)C(=O)N(C)[C@@H](Cc2ccccc2)C(=O)N[C@H](CCC(=O)O)C(=O)N2C[C@H](O)C[C@@H]2C(=O)N[C@@H](Cc2c[nH]c3ccccc23)C(=O)N[C@@H](Cc2ccc(O)cc2)C(=O)N[C@@H](CC(C)C)C(=O)N[C@H](C(=O)NCC(N)=O)CSCC(=O)N[C@H](Cc2cc(F)c(F)c(F)c2)C(=O)N(C)[C@@H](Cc2ccccc2)C(=O)N1C. The van der Waals surface area contributed by atoms with Gasteiger partial charge in [-0.3, -0.25) is 81.5 Å². The standard InChI is InChI=1S/C93H118F3N17O21S/c1-9-10-25-70-92(133)112-33-32-98-45-74(112)88(129)106-67(43-78(120)121)85(126)108-80(51(4)5)93(134)110(7)71(39-52-19-13-11-14-20-52)86(127)102-63(30-31-77(118)119)90(131)113-47-58(115)42-72(113)87(128)105-66(41-56-44-99-62-24-18-17-23-59(56)62)84(125)104-65(37-54-26-28-57(114)29-27-54)83(124)103-64(34-50(2)3)82(123)107-69(81(122)100-46-75(97)116)48-135-49-76(117)101-68(38-55-35-60(94)79(96)61(95)36-55)89(130)111(8)73(91(132)109(70)6)40-53-21-15-12-16-22-53/h11-24,26-29,35-36,44,50-51,58,63-74,80,98-99,114-115H,9-10,25,30-34,37-43,45-49H2,1-8H3,(H2,97,116)(H,100,122)(H,101,117)(H,102,127)(H,103,124)(H,104,125)(H,105,128)(H,106,129)(H,107,123)(H,108,126)(H,118,119)(H,120,121)/t58-,63-,64+,65+,66+,67+,68-,69+,70+,71+,72-,73+,74-,80+/m1/s1. The molecule has 17 N–H and O–H groups in total. The lowest BCUT2D eigenvalue weighted by atomic mass is 9.98. The van der Waals surface area contributed by atoms with E-state index in [0.29, 0.717) is 63.5 Å². The van der Waals surface area contributed by atoms with Gasteiger partial charge in [-0.2, -0.15) is 0 Å². The van der Waals surface area contributed by atoms with Crippen LogP contribution in [-0.2, 0) is 114 Å². The number of unbranched alkanes of at least 4 members (excludes halogenated alkanes) is 1. The summed E-state index contributed by atoms with van der Waals surface area (Å²) in [5.74, 6) is -26.9. The summed E-state index contributed by atoms with van der Waals surface area (Å²) in [5, 5.41) is 69.2. The average Bonchev–Trinajstić information content (AvgIpc) is 0.959. The van der Waals surface area contributed by atoms with E-state index in [-0.39, 0.29) is 69.5 Å². The van der Waals surface area contributed by atoms with E-state index in [1.54, 1.807) is 112 Å². The first-order valence-corrected chi connectivity index (χ1v) is 45.6. The molecule has 728 valence electrons. The van der Waals surface area contributed by atoms with Crippen LogP contribution in [0.4, 0.5) is 13.2 Å². The van der Waals surface area contributed by atoms with Crippen LogP contribution < -0.4 is 58.9 Å². The number of carbonyl (C=O) groups excluding carboxylic acids is 15. The number of amides is 15. The number of fused-ring (bicyclic) bond motifs is 3. The van der Waals surface area contributed by atoms with Gasteiger partial charge < -0.3 is 109 Å². The number of likely N-dealkylation sites (N-methyl/N-ethyl adjacent to an activating group) is 3. The lowest BCUT2D eigenvalue weighted by molar-refractivity contribution is -0.154. The van der Waals surface area contributed by atoms with Crippen LogP contribution in [0, 0.1) is 29.3 Å². The van der Waals surface area contributed by atoms with Crippen LogP contribution in [0.15, 0.2) is 128 Å². The number of benzene rings is 5. The third kappa shape index (κ3) is 29.5. The summed E-state index contributed by atoms with van der Waals surface area (Å²) in [6, 6.07) is 7.46. The first-order valence-electron chi connectivity index (χ1n) is 44.4. The van der Waals surface area contributed by atoms with Gasteiger partial charge in [0.15, 0.2) is 17.5 Å². The Morgan fingerprint density at radius 1 is 0.541 bits per heavy atom. The molecule has 14 atom stereocenters. The number of nitrogens with zero attached hydrogens (tertiary/aromatic N) is 5. The fraction of sp³-hybridized carbons (Fsp3) is 0.473. The number of aliphatic carboxylic acids is 2. The van der Waals surface area contributed by atoms with Crippen LogP contribution in [0.5, 0.6) is 5.75 Å². The Labute approximate surface area is 781 Å². The van der Waals surface area contributed by atoms with Crippen molar-refractivity contribution in [1.82, 2.24) is 82.7 Å².